The predicted octanol–water partition coefficient (Wildman–Crippen LogP) is 2.68. The lowest BCUT2D eigenvalue weighted by Crippen LogP contribution is -2.28. The first-order chi connectivity index (χ1) is 9.85. The molecule has 3 N–H and O–H groups in total. The summed E-state index contributed by atoms with van der Waals surface area (Å²) in [5, 5.41) is 0. The Kier molecular flexibility index (Phi) is 4.82. The summed E-state index contributed by atoms with van der Waals surface area (Å²) in [4.78, 5) is -0.448. The molecule has 0 radical (unpaired) electrons. The van der Waals surface area contributed by atoms with Gasteiger partial charge in [0.25, 0.3) is 0 Å². The van der Waals surface area contributed by atoms with Crippen LogP contribution in [0.3, 0.4) is 0 Å². The van der Waals surface area contributed by atoms with E-state index in [1.807, 2.05) is 0 Å². The van der Waals surface area contributed by atoms with Gasteiger partial charge in [0, 0.05) is 16.6 Å². The van der Waals surface area contributed by atoms with Crippen molar-refractivity contribution in [2.45, 2.75) is 24.4 Å². The molecule has 2 aromatic rings. The summed E-state index contributed by atoms with van der Waals surface area (Å²) in [6, 6.07) is 5.31. The molecule has 0 spiro atoms. The van der Waals surface area contributed by atoms with E-state index in [-0.39, 0.29) is 12.1 Å². The molecule has 0 saturated heterocycles. The van der Waals surface area contributed by atoms with E-state index >= 15 is 0 Å². The van der Waals surface area contributed by atoms with E-state index in [2.05, 4.69) is 20.7 Å². The highest BCUT2D eigenvalue weighted by Gasteiger charge is 2.25. The minimum Gasteiger partial charge on any atom is -0.468 e. The van der Waals surface area contributed by atoms with Crippen LogP contribution in [-0.2, 0) is 16.6 Å². The number of furan rings is 1. The Balaban J connectivity index is 2.38. The second kappa shape index (κ2) is 6.27. The van der Waals surface area contributed by atoms with Crippen molar-refractivity contribution in [1.29, 1.82) is 0 Å². The Morgan fingerprint density at radius 3 is 2.76 bits per heavy atom. The first-order valence-electron chi connectivity index (χ1n) is 6.09. The van der Waals surface area contributed by atoms with Crippen LogP contribution in [0.15, 0.2) is 44.3 Å². The van der Waals surface area contributed by atoms with Gasteiger partial charge >= 0.3 is 0 Å². The van der Waals surface area contributed by atoms with E-state index < -0.39 is 26.8 Å². The van der Waals surface area contributed by atoms with Gasteiger partial charge in [-0.25, -0.2) is 17.5 Å². The van der Waals surface area contributed by atoms with E-state index in [1.165, 1.54) is 18.4 Å². The van der Waals surface area contributed by atoms with E-state index in [9.17, 15) is 12.8 Å². The number of nitrogens with two attached hydrogens (primary N) is 1. The fraction of sp³-hybridized carbons (Fsp3) is 0.231. The molecule has 0 aliphatic carbocycles. The van der Waals surface area contributed by atoms with Crippen molar-refractivity contribution in [3.05, 3.63) is 52.1 Å². The van der Waals surface area contributed by atoms with E-state index in [0.717, 1.165) is 0 Å². The molecule has 1 atom stereocenters. The third-order valence-corrected chi connectivity index (χ3v) is 4.89. The molecule has 1 aromatic carbocycles. The number of rotatable bonds is 5. The first-order valence-corrected chi connectivity index (χ1v) is 8.36. The van der Waals surface area contributed by atoms with Crippen LogP contribution in [0.25, 0.3) is 0 Å². The van der Waals surface area contributed by atoms with Crippen LogP contribution in [-0.4, -0.2) is 8.42 Å². The van der Waals surface area contributed by atoms with Gasteiger partial charge in [-0.15, -0.1) is 0 Å². The molecule has 0 saturated carbocycles. The van der Waals surface area contributed by atoms with Crippen molar-refractivity contribution in [3.8, 4) is 0 Å². The highest BCUT2D eigenvalue weighted by Crippen LogP contribution is 2.25. The standard InChI is InChI=1S/C13H14BrFN2O3S/c1-8(11-3-2-4-20-11)17-21(18,19)12-6-10(14)5-9(7-16)13(12)15/h2-6,8,17H,7,16H2,1H3. The smallest absolute Gasteiger partial charge is 0.244 e. The number of hydrogen-bond donors (Lipinski definition) is 2. The number of sulfonamides is 1. The predicted molar refractivity (Wildman–Crippen MR) is 79.4 cm³/mol. The van der Waals surface area contributed by atoms with Crippen molar-refractivity contribution in [1.82, 2.24) is 4.72 Å². The molecular formula is C13H14BrFN2O3S. The Bertz CT molecular complexity index is 732. The summed E-state index contributed by atoms with van der Waals surface area (Å²) in [5.41, 5.74) is 5.54. The Labute approximate surface area is 130 Å². The third-order valence-electron chi connectivity index (χ3n) is 2.89. The second-order valence-electron chi connectivity index (χ2n) is 4.44. The Morgan fingerprint density at radius 1 is 1.48 bits per heavy atom. The summed E-state index contributed by atoms with van der Waals surface area (Å²) in [7, 11) is -4.04. The van der Waals surface area contributed by atoms with Gasteiger partial charge in [-0.3, -0.25) is 0 Å². The molecule has 5 nitrogen and oxygen atoms in total. The highest BCUT2D eigenvalue weighted by molar-refractivity contribution is 9.10. The topological polar surface area (TPSA) is 85.3 Å². The van der Waals surface area contributed by atoms with Crippen LogP contribution < -0.4 is 10.5 Å². The van der Waals surface area contributed by atoms with Crippen LogP contribution in [0.5, 0.6) is 0 Å². The van der Waals surface area contributed by atoms with E-state index in [1.54, 1.807) is 19.1 Å². The Hall–Kier alpha value is -1.22. The van der Waals surface area contributed by atoms with Gasteiger partial charge in [0.05, 0.1) is 12.3 Å². The maximum absolute atomic E-state index is 14.2. The molecule has 0 bridgehead atoms. The molecule has 21 heavy (non-hydrogen) atoms. The summed E-state index contributed by atoms with van der Waals surface area (Å²) >= 11 is 3.15. The van der Waals surface area contributed by atoms with E-state index in [0.29, 0.717) is 10.2 Å². The molecular weight excluding hydrogens is 363 g/mol. The normalized spacial score (nSPS) is 13.3. The SMILES string of the molecule is CC(NS(=O)(=O)c1cc(Br)cc(CN)c1F)c1ccco1. The zero-order chi connectivity index (χ0) is 15.6. The van der Waals surface area contributed by atoms with Gasteiger partial charge in [0.15, 0.2) is 0 Å². The molecule has 1 unspecified atom stereocenters. The van der Waals surface area contributed by atoms with Gasteiger partial charge in [0.2, 0.25) is 10.0 Å². The molecule has 0 aliphatic heterocycles. The van der Waals surface area contributed by atoms with E-state index in [4.69, 9.17) is 10.2 Å². The van der Waals surface area contributed by atoms with Gasteiger partial charge in [-0.1, -0.05) is 15.9 Å². The fourth-order valence-electron chi connectivity index (χ4n) is 1.85. The van der Waals surface area contributed by atoms with Crippen molar-refractivity contribution >= 4 is 26.0 Å². The maximum Gasteiger partial charge on any atom is 0.244 e. The minimum absolute atomic E-state index is 0.0957. The van der Waals surface area contributed by atoms with Crippen molar-refractivity contribution < 1.29 is 17.2 Å². The van der Waals surface area contributed by atoms with Gasteiger partial charge in [0.1, 0.15) is 16.5 Å². The quantitative estimate of drug-likeness (QED) is 0.839. The monoisotopic (exact) mass is 376 g/mol. The lowest BCUT2D eigenvalue weighted by atomic mass is 10.2. The number of nitrogens with one attached hydrogen (secondary N) is 1. The van der Waals surface area contributed by atoms with Gasteiger partial charge < -0.3 is 10.2 Å². The van der Waals surface area contributed by atoms with Crippen molar-refractivity contribution in [2.75, 3.05) is 0 Å². The molecule has 0 amide bonds. The second-order valence-corrected chi connectivity index (χ2v) is 7.04. The summed E-state index contributed by atoms with van der Waals surface area (Å²) < 4.78 is 46.8. The minimum atomic E-state index is -4.04. The summed E-state index contributed by atoms with van der Waals surface area (Å²) in [6.07, 6.45) is 1.44. The highest BCUT2D eigenvalue weighted by atomic mass is 79.9. The molecule has 1 aromatic heterocycles. The number of halogens is 2. The largest absolute Gasteiger partial charge is 0.468 e. The molecule has 0 fully saturated rings. The number of benzene rings is 1. The fourth-order valence-corrected chi connectivity index (χ4v) is 3.87. The summed E-state index contributed by atoms with van der Waals surface area (Å²) in [5.74, 6) is -0.409. The molecule has 8 heteroatoms. The lowest BCUT2D eigenvalue weighted by Gasteiger charge is -2.14. The average Bonchev–Trinajstić information content (AvgIpc) is 2.94. The first kappa shape index (κ1) is 16.2. The zero-order valence-corrected chi connectivity index (χ0v) is 13.5. The van der Waals surface area contributed by atoms with Crippen LogP contribution in [0.2, 0.25) is 0 Å². The van der Waals surface area contributed by atoms with Crippen LogP contribution in [0.4, 0.5) is 4.39 Å². The maximum atomic E-state index is 14.2. The molecule has 1 heterocycles. The third kappa shape index (κ3) is 3.52. The van der Waals surface area contributed by atoms with Crippen molar-refractivity contribution in [3.63, 3.8) is 0 Å². The summed E-state index contributed by atoms with van der Waals surface area (Å²) in [6.45, 7) is 1.51. The van der Waals surface area contributed by atoms with Crippen LogP contribution in [0, 0.1) is 5.82 Å². The number of hydrogen-bond acceptors (Lipinski definition) is 4. The van der Waals surface area contributed by atoms with Crippen LogP contribution >= 0.6 is 15.9 Å². The Morgan fingerprint density at radius 2 is 2.19 bits per heavy atom. The van der Waals surface area contributed by atoms with Gasteiger partial charge in [-0.2, -0.15) is 0 Å². The van der Waals surface area contributed by atoms with Crippen molar-refractivity contribution in [2.24, 2.45) is 5.73 Å². The molecule has 2 rings (SSSR count). The van der Waals surface area contributed by atoms with Gasteiger partial charge in [-0.05, 0) is 31.2 Å². The zero-order valence-electron chi connectivity index (χ0n) is 11.1. The average molecular weight is 377 g/mol. The molecule has 114 valence electrons. The molecule has 0 aliphatic rings. The lowest BCUT2D eigenvalue weighted by molar-refractivity contribution is 0.458. The van der Waals surface area contributed by atoms with Crippen LogP contribution in [0.1, 0.15) is 24.3 Å².